The molecule has 6 aromatic rings. The molecule has 0 bridgehead atoms. The Kier molecular flexibility index (Phi) is 11.8. The van der Waals surface area contributed by atoms with Crippen molar-refractivity contribution in [1.82, 2.24) is 24.7 Å². The van der Waals surface area contributed by atoms with E-state index in [2.05, 4.69) is 39.7 Å². The van der Waals surface area contributed by atoms with Gasteiger partial charge < -0.3 is 39.9 Å². The zero-order chi connectivity index (χ0) is 36.5. The third kappa shape index (κ3) is 7.95. The van der Waals surface area contributed by atoms with Crippen LogP contribution in [0, 0.1) is 0 Å². The van der Waals surface area contributed by atoms with Gasteiger partial charge in [-0.05, 0) is 29.5 Å². The number of hydrogen-bond acceptors (Lipinski definition) is 12. The standard InChI is InChI=1S/C37H39N7O5.CH2O2/c1-2-27-20-29(49-42-27)33-31(46)32(47)36(48-33)44-22-39-30-34(38-21-28(25-14-8-4-9-15-25)26-16-10-5-11-17-26)40-37(41-35(30)44)43(23-45)19-18-24-12-6-3-7-13-24;2-1-3/h3-17,20,22,28,31-33,36,45-47H,2,18-19,21,23H2,1H3,(H,38,40,41);1H,(H,2,3)/t31-,32+,33+,36+;/m0./s1. The number of aromatic nitrogens is 5. The average molecular weight is 708 g/mol. The SMILES string of the molecule is CCc1cc([C@H]2O[C@@H](n3cnc4c(NCC(c5ccccc5)c5ccccc5)nc(N(CO)CCc5ccccc5)nc43)[C@H](O)[C@@H]2O)on1.O=CO. The number of aryl methyl sites for hydroxylation is 1. The smallest absolute Gasteiger partial charge is 0.290 e. The molecular formula is C38H41N7O7. The number of nitrogens with zero attached hydrogens (tertiary/aromatic N) is 6. The van der Waals surface area contributed by atoms with Crippen molar-refractivity contribution in [3.05, 3.63) is 132 Å². The molecule has 0 aliphatic carbocycles. The topological polar surface area (TPSA) is 192 Å². The predicted octanol–water partition coefficient (Wildman–Crippen LogP) is 4.31. The number of aliphatic hydroxyl groups is 3. The number of aliphatic hydroxyl groups excluding tert-OH is 3. The van der Waals surface area contributed by atoms with Gasteiger partial charge >= 0.3 is 0 Å². The second-order valence-corrected chi connectivity index (χ2v) is 12.2. The quantitative estimate of drug-likeness (QED) is 0.0844. The summed E-state index contributed by atoms with van der Waals surface area (Å²) in [5.41, 5.74) is 4.92. The minimum atomic E-state index is -1.32. The molecule has 270 valence electrons. The Morgan fingerprint density at radius 3 is 2.17 bits per heavy atom. The van der Waals surface area contributed by atoms with E-state index < -0.39 is 24.5 Å². The van der Waals surface area contributed by atoms with Crippen LogP contribution in [0.25, 0.3) is 11.2 Å². The number of imidazole rings is 1. The van der Waals surface area contributed by atoms with E-state index >= 15 is 0 Å². The third-order valence-corrected chi connectivity index (χ3v) is 8.99. The van der Waals surface area contributed by atoms with Crippen molar-refractivity contribution < 1.29 is 34.5 Å². The molecule has 0 amide bonds. The van der Waals surface area contributed by atoms with Crippen LogP contribution in [-0.2, 0) is 22.4 Å². The molecule has 4 heterocycles. The van der Waals surface area contributed by atoms with Crippen LogP contribution in [0.5, 0.6) is 0 Å². The van der Waals surface area contributed by atoms with Crippen LogP contribution in [0.4, 0.5) is 11.8 Å². The summed E-state index contributed by atoms with van der Waals surface area (Å²) in [5, 5.41) is 47.2. The normalized spacial score (nSPS) is 18.2. The molecule has 1 aliphatic rings. The number of nitrogens with one attached hydrogen (secondary N) is 1. The molecule has 1 saturated heterocycles. The van der Waals surface area contributed by atoms with Crippen molar-refractivity contribution in [3.63, 3.8) is 0 Å². The molecule has 14 heteroatoms. The second kappa shape index (κ2) is 17.0. The van der Waals surface area contributed by atoms with Gasteiger partial charge in [0.2, 0.25) is 5.95 Å². The molecular weight excluding hydrogens is 666 g/mol. The van der Waals surface area contributed by atoms with Gasteiger partial charge in [-0.3, -0.25) is 9.36 Å². The van der Waals surface area contributed by atoms with Gasteiger partial charge in [0.1, 0.15) is 25.0 Å². The number of carboxylic acid groups (broad SMARTS) is 1. The molecule has 3 aromatic heterocycles. The van der Waals surface area contributed by atoms with Crippen molar-refractivity contribution in [3.8, 4) is 0 Å². The molecule has 0 radical (unpaired) electrons. The van der Waals surface area contributed by atoms with Crippen LogP contribution in [0.2, 0.25) is 0 Å². The van der Waals surface area contributed by atoms with E-state index in [0.29, 0.717) is 54.4 Å². The molecule has 4 atom stereocenters. The minimum Gasteiger partial charge on any atom is -0.483 e. The van der Waals surface area contributed by atoms with Crippen molar-refractivity contribution >= 4 is 29.4 Å². The first-order valence-electron chi connectivity index (χ1n) is 17.0. The fraction of sp³-hybridized carbons (Fsp3) is 0.289. The van der Waals surface area contributed by atoms with Gasteiger partial charge in [0.05, 0.1) is 12.0 Å². The molecule has 5 N–H and O–H groups in total. The third-order valence-electron chi connectivity index (χ3n) is 8.99. The Morgan fingerprint density at radius 2 is 1.58 bits per heavy atom. The van der Waals surface area contributed by atoms with Gasteiger partial charge in [-0.1, -0.05) is 103 Å². The number of benzene rings is 3. The molecule has 0 saturated carbocycles. The summed E-state index contributed by atoms with van der Waals surface area (Å²) in [6.07, 6.45) is -1.75. The van der Waals surface area contributed by atoms with Crippen LogP contribution >= 0.6 is 0 Å². The highest BCUT2D eigenvalue weighted by Gasteiger charge is 2.47. The van der Waals surface area contributed by atoms with E-state index in [1.54, 1.807) is 15.5 Å². The monoisotopic (exact) mass is 707 g/mol. The van der Waals surface area contributed by atoms with Gasteiger partial charge in [-0.2, -0.15) is 9.97 Å². The van der Waals surface area contributed by atoms with Gasteiger partial charge in [-0.15, -0.1) is 0 Å². The minimum absolute atomic E-state index is 0.00390. The highest BCUT2D eigenvalue weighted by atomic mass is 16.6. The van der Waals surface area contributed by atoms with Crippen LogP contribution in [0.3, 0.4) is 0 Å². The number of hydrogen-bond donors (Lipinski definition) is 5. The maximum atomic E-state index is 11.2. The first kappa shape index (κ1) is 36.1. The summed E-state index contributed by atoms with van der Waals surface area (Å²) in [5.74, 6) is 1.06. The number of rotatable bonds is 13. The van der Waals surface area contributed by atoms with E-state index in [9.17, 15) is 15.3 Å². The molecule has 0 unspecified atom stereocenters. The predicted molar refractivity (Wildman–Crippen MR) is 193 cm³/mol. The average Bonchev–Trinajstić information content (AvgIpc) is 3.91. The van der Waals surface area contributed by atoms with Crippen LogP contribution in [0.15, 0.2) is 108 Å². The lowest BCUT2D eigenvalue weighted by Gasteiger charge is -2.23. The zero-order valence-electron chi connectivity index (χ0n) is 28.5. The van der Waals surface area contributed by atoms with Crippen LogP contribution in [0.1, 0.15) is 53.3 Å². The summed E-state index contributed by atoms with van der Waals surface area (Å²) in [7, 11) is 0. The Bertz CT molecular complexity index is 1970. The number of anilines is 2. The molecule has 0 spiro atoms. The first-order chi connectivity index (χ1) is 25.4. The molecule has 1 aliphatic heterocycles. The van der Waals surface area contributed by atoms with Gasteiger partial charge in [0.25, 0.3) is 6.47 Å². The fourth-order valence-corrected chi connectivity index (χ4v) is 6.25. The van der Waals surface area contributed by atoms with Crippen molar-refractivity contribution in [2.45, 2.75) is 50.2 Å². The largest absolute Gasteiger partial charge is 0.483 e. The second-order valence-electron chi connectivity index (χ2n) is 12.2. The summed E-state index contributed by atoms with van der Waals surface area (Å²) in [6, 6.07) is 32.2. The van der Waals surface area contributed by atoms with E-state index in [1.165, 1.54) is 6.33 Å². The van der Waals surface area contributed by atoms with Gasteiger partial charge in [0.15, 0.2) is 29.0 Å². The zero-order valence-corrected chi connectivity index (χ0v) is 28.5. The Balaban J connectivity index is 0.00000150. The number of ether oxygens (including phenoxy) is 1. The number of fused-ring (bicyclic) bond motifs is 1. The highest BCUT2D eigenvalue weighted by molar-refractivity contribution is 5.84. The molecule has 52 heavy (non-hydrogen) atoms. The Morgan fingerprint density at radius 1 is 0.942 bits per heavy atom. The Hall–Kier alpha value is -5.67. The summed E-state index contributed by atoms with van der Waals surface area (Å²) in [6.45, 7) is 2.31. The van der Waals surface area contributed by atoms with Gasteiger partial charge in [0, 0.05) is 25.1 Å². The van der Waals surface area contributed by atoms with Crippen LogP contribution in [-0.4, -0.2) is 83.6 Å². The lowest BCUT2D eigenvalue weighted by atomic mass is 9.91. The molecule has 14 nitrogen and oxygen atoms in total. The van der Waals surface area contributed by atoms with E-state index in [1.807, 2.05) is 73.7 Å². The van der Waals surface area contributed by atoms with E-state index in [4.69, 9.17) is 29.1 Å². The summed E-state index contributed by atoms with van der Waals surface area (Å²) >= 11 is 0. The number of carbonyl (C=O) groups is 1. The van der Waals surface area contributed by atoms with Gasteiger partial charge in [-0.25, -0.2) is 4.98 Å². The lowest BCUT2D eigenvalue weighted by molar-refractivity contribution is -0.122. The van der Waals surface area contributed by atoms with Crippen molar-refractivity contribution in [2.75, 3.05) is 30.0 Å². The lowest BCUT2D eigenvalue weighted by Crippen LogP contribution is -2.30. The van der Waals surface area contributed by atoms with E-state index in [-0.39, 0.29) is 25.1 Å². The van der Waals surface area contributed by atoms with E-state index in [0.717, 1.165) is 16.7 Å². The maximum absolute atomic E-state index is 11.2. The molecule has 3 aromatic carbocycles. The molecule has 7 rings (SSSR count). The maximum Gasteiger partial charge on any atom is 0.290 e. The highest BCUT2D eigenvalue weighted by Crippen LogP contribution is 2.40. The van der Waals surface area contributed by atoms with Crippen molar-refractivity contribution in [2.24, 2.45) is 0 Å². The first-order valence-corrected chi connectivity index (χ1v) is 17.0. The fourth-order valence-electron chi connectivity index (χ4n) is 6.25. The summed E-state index contributed by atoms with van der Waals surface area (Å²) in [4.78, 5) is 24.4. The summed E-state index contributed by atoms with van der Waals surface area (Å²) < 4.78 is 13.3. The van der Waals surface area contributed by atoms with Crippen LogP contribution < -0.4 is 10.2 Å². The van der Waals surface area contributed by atoms with Crippen molar-refractivity contribution in [1.29, 1.82) is 0 Å². The molecule has 1 fully saturated rings. The Labute approximate surface area is 300 Å².